The van der Waals surface area contributed by atoms with Gasteiger partial charge in [-0.3, -0.25) is 4.79 Å². The highest BCUT2D eigenvalue weighted by molar-refractivity contribution is 5.95. The number of rotatable bonds is 16. The number of nitrogens with one attached hydrogen (secondary N) is 2. The number of amides is 1. The number of carbonyl (C=O) groups excluding carboxylic acids is 2. The van der Waals surface area contributed by atoms with Crippen molar-refractivity contribution >= 4 is 23.3 Å². The van der Waals surface area contributed by atoms with E-state index < -0.39 is 12.1 Å². The molecule has 0 spiro atoms. The lowest BCUT2D eigenvalue weighted by molar-refractivity contribution is -0.137. The van der Waals surface area contributed by atoms with Gasteiger partial charge in [-0.15, -0.1) is 0 Å². The number of allylic oxidation sites excluding steroid dienone is 1. The highest BCUT2D eigenvalue weighted by atomic mass is 16.5. The maximum absolute atomic E-state index is 13.4. The van der Waals surface area contributed by atoms with E-state index in [9.17, 15) is 9.59 Å². The maximum Gasteiger partial charge on any atom is 0.332 e. The summed E-state index contributed by atoms with van der Waals surface area (Å²) >= 11 is 0. The fraction of sp³-hybridized carbons (Fsp3) is 0.543. The fourth-order valence-electron chi connectivity index (χ4n) is 4.34. The normalized spacial score (nSPS) is 12.9. The van der Waals surface area contributed by atoms with Crippen molar-refractivity contribution in [3.63, 3.8) is 0 Å². The van der Waals surface area contributed by atoms with Crippen LogP contribution in [0, 0.1) is 0 Å². The molecular weight excluding hydrogens is 528 g/mol. The predicted octanol–water partition coefficient (Wildman–Crippen LogP) is 8.53. The van der Waals surface area contributed by atoms with Crippen LogP contribution in [0.25, 0.3) is 0 Å². The first-order chi connectivity index (χ1) is 19.8. The molecule has 0 aliphatic carbocycles. The van der Waals surface area contributed by atoms with Crippen LogP contribution in [0.1, 0.15) is 106 Å². The number of methoxy groups -OCH3 is 1. The first-order valence-corrected chi connectivity index (χ1v) is 15.2. The lowest BCUT2D eigenvalue weighted by Crippen LogP contribution is -2.33. The van der Waals surface area contributed by atoms with Gasteiger partial charge >= 0.3 is 5.97 Å². The quantitative estimate of drug-likeness (QED) is 0.118. The third-order valence-electron chi connectivity index (χ3n) is 8.07. The molecule has 1 atom stereocenters. The Morgan fingerprint density at radius 1 is 0.905 bits per heavy atom. The number of unbranched alkanes of at least 4 members (excludes halogenated alkanes) is 1. The summed E-state index contributed by atoms with van der Waals surface area (Å²) < 4.78 is 17.1. The van der Waals surface area contributed by atoms with Gasteiger partial charge in [-0.25, -0.2) is 4.79 Å². The molecule has 42 heavy (non-hydrogen) atoms. The molecule has 0 saturated heterocycles. The van der Waals surface area contributed by atoms with E-state index in [4.69, 9.17) is 14.2 Å². The second-order valence-electron chi connectivity index (χ2n) is 12.1. The van der Waals surface area contributed by atoms with E-state index >= 15 is 0 Å². The zero-order chi connectivity index (χ0) is 31.5. The number of carbonyl (C=O) groups is 2. The number of esters is 1. The Balaban J connectivity index is 2.27. The third kappa shape index (κ3) is 9.53. The van der Waals surface area contributed by atoms with E-state index in [1.807, 2.05) is 19.9 Å². The van der Waals surface area contributed by atoms with Crippen LogP contribution in [0.4, 0.5) is 11.4 Å². The Hall–Kier alpha value is -3.48. The maximum atomic E-state index is 13.4. The Bertz CT molecular complexity index is 1230. The van der Waals surface area contributed by atoms with Crippen molar-refractivity contribution in [2.75, 3.05) is 24.4 Å². The summed E-state index contributed by atoms with van der Waals surface area (Å²) in [5.74, 6) is 0.670. The van der Waals surface area contributed by atoms with Crippen molar-refractivity contribution in [2.24, 2.45) is 0 Å². The lowest BCUT2D eigenvalue weighted by atomic mass is 9.76. The van der Waals surface area contributed by atoms with E-state index in [1.165, 1.54) is 11.6 Å². The second-order valence-corrected chi connectivity index (χ2v) is 12.1. The minimum absolute atomic E-state index is 0.0433. The van der Waals surface area contributed by atoms with Crippen molar-refractivity contribution in [1.29, 1.82) is 0 Å². The molecule has 2 aromatic carbocycles. The van der Waals surface area contributed by atoms with Gasteiger partial charge in [-0.05, 0) is 73.3 Å². The van der Waals surface area contributed by atoms with Gasteiger partial charge in [0.1, 0.15) is 11.5 Å². The van der Waals surface area contributed by atoms with E-state index in [2.05, 4.69) is 64.3 Å². The molecule has 7 nitrogen and oxygen atoms in total. The van der Waals surface area contributed by atoms with Crippen molar-refractivity contribution in [3.05, 3.63) is 59.3 Å². The molecule has 0 bridgehead atoms. The molecule has 0 aromatic heterocycles. The Labute approximate surface area is 253 Å². The zero-order valence-electron chi connectivity index (χ0n) is 27.4. The number of hydrogen-bond donors (Lipinski definition) is 2. The Kier molecular flexibility index (Phi) is 12.9. The molecule has 2 rings (SSSR count). The number of ether oxygens (including phenoxy) is 3. The van der Waals surface area contributed by atoms with Gasteiger partial charge in [0.2, 0.25) is 0 Å². The summed E-state index contributed by atoms with van der Waals surface area (Å²) in [5.41, 5.74) is 4.09. The van der Waals surface area contributed by atoms with Gasteiger partial charge in [0.15, 0.2) is 6.10 Å². The van der Waals surface area contributed by atoms with Gasteiger partial charge < -0.3 is 24.8 Å². The Morgan fingerprint density at radius 3 is 2.17 bits per heavy atom. The first-order valence-electron chi connectivity index (χ1n) is 15.2. The van der Waals surface area contributed by atoms with Crippen LogP contribution in [0.3, 0.4) is 0 Å². The SMILES string of the molecule is CCCCOC(=O)C=C(C)Nc1cc(NC(=O)C(CC)Oc2ccc(C(C)(C)CC)cc2C(C)(C)CC)ccc1OC. The number of hydrogen-bond acceptors (Lipinski definition) is 6. The van der Waals surface area contributed by atoms with E-state index in [-0.39, 0.29) is 16.7 Å². The molecule has 0 fully saturated rings. The van der Waals surface area contributed by atoms with E-state index in [0.717, 1.165) is 37.0 Å². The molecule has 0 saturated carbocycles. The largest absolute Gasteiger partial charge is 0.495 e. The minimum Gasteiger partial charge on any atom is -0.495 e. The van der Waals surface area contributed by atoms with Crippen LogP contribution in [-0.2, 0) is 25.2 Å². The molecule has 7 heteroatoms. The second kappa shape index (κ2) is 15.7. The molecule has 232 valence electrons. The molecule has 0 aliphatic rings. The average molecular weight is 581 g/mol. The summed E-state index contributed by atoms with van der Waals surface area (Å²) in [5, 5.41) is 6.18. The number of benzene rings is 2. The summed E-state index contributed by atoms with van der Waals surface area (Å²) in [7, 11) is 1.57. The predicted molar refractivity (Wildman–Crippen MR) is 173 cm³/mol. The summed E-state index contributed by atoms with van der Waals surface area (Å²) in [6, 6.07) is 11.7. The van der Waals surface area contributed by atoms with Gasteiger partial charge in [0, 0.05) is 23.0 Å². The zero-order valence-corrected chi connectivity index (χ0v) is 27.4. The van der Waals surface area contributed by atoms with Crippen LogP contribution in [0.5, 0.6) is 11.5 Å². The topological polar surface area (TPSA) is 85.9 Å². The minimum atomic E-state index is -0.681. The van der Waals surface area contributed by atoms with Crippen LogP contribution < -0.4 is 20.1 Å². The van der Waals surface area contributed by atoms with Crippen molar-refractivity contribution in [2.45, 2.75) is 111 Å². The smallest absolute Gasteiger partial charge is 0.332 e. The molecule has 2 aromatic rings. The average Bonchev–Trinajstić information content (AvgIpc) is 2.95. The Morgan fingerprint density at radius 2 is 1.57 bits per heavy atom. The van der Waals surface area contributed by atoms with Crippen LogP contribution in [0.15, 0.2) is 48.2 Å². The first kappa shape index (κ1) is 34.7. The van der Waals surface area contributed by atoms with Crippen molar-refractivity contribution in [3.8, 4) is 11.5 Å². The summed E-state index contributed by atoms with van der Waals surface area (Å²) in [6.07, 6.45) is 4.97. The molecule has 1 amide bonds. The van der Waals surface area contributed by atoms with Gasteiger partial charge in [-0.1, -0.05) is 73.9 Å². The third-order valence-corrected chi connectivity index (χ3v) is 8.07. The standard InChI is InChI=1S/C35H52N2O5/c1-11-15-20-41-32(38)21-24(5)36-28-23-26(17-19-31(28)40-10)37-33(39)29(12-2)42-30-18-16-25(34(6,7)13-3)22-27(30)35(8,9)14-4/h16-19,21-23,29,36H,11-15,20H2,1-10H3,(H,37,39). The number of anilines is 2. The monoisotopic (exact) mass is 580 g/mol. The van der Waals surface area contributed by atoms with Crippen molar-refractivity contribution in [1.82, 2.24) is 0 Å². The van der Waals surface area contributed by atoms with Gasteiger partial charge in [0.05, 0.1) is 19.4 Å². The molecule has 2 N–H and O–H groups in total. The molecule has 1 unspecified atom stereocenters. The summed E-state index contributed by atoms with van der Waals surface area (Å²) in [4.78, 5) is 25.5. The van der Waals surface area contributed by atoms with Gasteiger partial charge in [0.25, 0.3) is 5.91 Å². The highest BCUT2D eigenvalue weighted by Gasteiger charge is 2.29. The van der Waals surface area contributed by atoms with Crippen LogP contribution in [-0.4, -0.2) is 31.7 Å². The lowest BCUT2D eigenvalue weighted by Gasteiger charge is -2.31. The highest BCUT2D eigenvalue weighted by Crippen LogP contribution is 2.39. The molecular formula is C35H52N2O5. The van der Waals surface area contributed by atoms with Crippen molar-refractivity contribution < 1.29 is 23.8 Å². The van der Waals surface area contributed by atoms with E-state index in [0.29, 0.717) is 35.8 Å². The van der Waals surface area contributed by atoms with E-state index in [1.54, 1.807) is 32.2 Å². The van der Waals surface area contributed by atoms with Crippen LogP contribution in [0.2, 0.25) is 0 Å². The fourth-order valence-corrected chi connectivity index (χ4v) is 4.34. The molecule has 0 heterocycles. The van der Waals surface area contributed by atoms with Gasteiger partial charge in [-0.2, -0.15) is 0 Å². The van der Waals surface area contributed by atoms with Crippen LogP contribution >= 0.6 is 0 Å². The molecule has 0 aliphatic heterocycles. The summed E-state index contributed by atoms with van der Waals surface area (Å²) in [6.45, 7) is 19.5. The molecule has 0 radical (unpaired) electrons.